The number of nitrogens with one attached hydrogen (secondary N) is 1. The molecule has 2 N–H and O–H groups in total. The van der Waals surface area contributed by atoms with Crippen LogP contribution in [0.1, 0.15) is 46.6 Å². The molecule has 0 spiro atoms. The maximum atomic E-state index is 12.6. The van der Waals surface area contributed by atoms with Crippen molar-refractivity contribution in [2.75, 3.05) is 5.75 Å². The van der Waals surface area contributed by atoms with Gasteiger partial charge in [0.05, 0.1) is 23.7 Å². The Bertz CT molecular complexity index is 1500. The van der Waals surface area contributed by atoms with E-state index in [1.807, 2.05) is 55.5 Å². The molecule has 0 unspecified atom stereocenters. The van der Waals surface area contributed by atoms with Gasteiger partial charge in [0, 0.05) is 23.8 Å². The smallest absolute Gasteiger partial charge is 0.240 e. The molecule has 0 amide bonds. The molecule has 1 aliphatic heterocycles. The predicted molar refractivity (Wildman–Crippen MR) is 155 cm³/mol. The van der Waals surface area contributed by atoms with Gasteiger partial charge in [0.2, 0.25) is 10.0 Å². The molecule has 8 nitrogen and oxygen atoms in total. The first-order valence-corrected chi connectivity index (χ1v) is 16.2. The zero-order valence-electron chi connectivity index (χ0n) is 22.1. The number of benzene rings is 3. The minimum Gasteiger partial charge on any atom is -0.392 e. The average molecular weight is 598 g/mol. The van der Waals surface area contributed by atoms with Crippen LogP contribution >= 0.6 is 23.1 Å². The van der Waals surface area contributed by atoms with E-state index in [0.717, 1.165) is 31.6 Å². The van der Waals surface area contributed by atoms with Crippen molar-refractivity contribution in [3.05, 3.63) is 106 Å². The zero-order valence-corrected chi connectivity index (χ0v) is 24.6. The van der Waals surface area contributed by atoms with Gasteiger partial charge in [-0.05, 0) is 35.7 Å². The molecule has 4 atom stereocenters. The molecular weight excluding hydrogens is 567 g/mol. The fraction of sp³-hybridized carbons (Fsp3) is 0.310. The highest BCUT2D eigenvalue weighted by Crippen LogP contribution is 2.43. The summed E-state index contributed by atoms with van der Waals surface area (Å²) in [6.07, 6.45) is -0.936. The van der Waals surface area contributed by atoms with Crippen molar-refractivity contribution < 1.29 is 23.0 Å². The number of aromatic nitrogens is 2. The van der Waals surface area contributed by atoms with Crippen molar-refractivity contribution in [3.63, 3.8) is 0 Å². The van der Waals surface area contributed by atoms with Crippen LogP contribution in [0.15, 0.2) is 88.1 Å². The minimum absolute atomic E-state index is 0.0124. The maximum Gasteiger partial charge on any atom is 0.240 e. The van der Waals surface area contributed by atoms with Gasteiger partial charge in [-0.25, -0.2) is 13.1 Å². The SMILES string of the molecule is Cc1nnc(SC[C@@H]2O[C@H](c3ccc(CNS(=O)(=O)c4ccccc4)cc3)O[C@H](c3ccc(CO)cc3)[C@@H]2C)s1. The van der Waals surface area contributed by atoms with Crippen molar-refractivity contribution in [1.29, 1.82) is 0 Å². The van der Waals surface area contributed by atoms with Gasteiger partial charge in [0.25, 0.3) is 0 Å². The minimum atomic E-state index is -3.60. The molecule has 3 aromatic carbocycles. The highest BCUT2D eigenvalue weighted by Gasteiger charge is 2.38. The molecule has 1 aliphatic rings. The summed E-state index contributed by atoms with van der Waals surface area (Å²) in [7, 11) is -3.60. The van der Waals surface area contributed by atoms with Crippen LogP contribution < -0.4 is 4.72 Å². The van der Waals surface area contributed by atoms with Gasteiger partial charge in [-0.15, -0.1) is 10.2 Å². The normalized spacial score (nSPS) is 21.4. The van der Waals surface area contributed by atoms with E-state index in [2.05, 4.69) is 21.8 Å². The van der Waals surface area contributed by atoms with E-state index in [0.29, 0.717) is 5.75 Å². The molecule has 1 saturated heterocycles. The molecule has 0 saturated carbocycles. The quantitative estimate of drug-likeness (QED) is 0.234. The summed E-state index contributed by atoms with van der Waals surface area (Å²) in [5.41, 5.74) is 3.53. The van der Waals surface area contributed by atoms with Gasteiger partial charge in [-0.3, -0.25) is 0 Å². The second kappa shape index (κ2) is 12.9. The van der Waals surface area contributed by atoms with Gasteiger partial charge in [0.1, 0.15) is 5.01 Å². The number of hydrogen-bond donors (Lipinski definition) is 2. The van der Waals surface area contributed by atoms with Crippen LogP contribution in [0.4, 0.5) is 0 Å². The summed E-state index contributed by atoms with van der Waals surface area (Å²) in [6, 6.07) is 23.7. The van der Waals surface area contributed by atoms with Crippen LogP contribution in [0, 0.1) is 12.8 Å². The van der Waals surface area contributed by atoms with Crippen LogP contribution in [0.3, 0.4) is 0 Å². The molecule has 0 aliphatic carbocycles. The lowest BCUT2D eigenvalue weighted by Crippen LogP contribution is -2.38. The van der Waals surface area contributed by atoms with Gasteiger partial charge < -0.3 is 14.6 Å². The van der Waals surface area contributed by atoms with Crippen LogP contribution in [0.5, 0.6) is 0 Å². The molecule has 5 rings (SSSR count). The molecule has 2 heterocycles. The number of hydrogen-bond acceptors (Lipinski definition) is 9. The lowest BCUT2D eigenvalue weighted by Gasteiger charge is -2.41. The van der Waals surface area contributed by atoms with Crippen LogP contribution in [0.2, 0.25) is 0 Å². The predicted octanol–water partition coefficient (Wildman–Crippen LogP) is 5.40. The van der Waals surface area contributed by atoms with E-state index in [1.165, 1.54) is 0 Å². The monoisotopic (exact) mass is 597 g/mol. The zero-order chi connectivity index (χ0) is 28.1. The number of ether oxygens (including phenoxy) is 2. The Morgan fingerprint density at radius 1 is 0.925 bits per heavy atom. The summed E-state index contributed by atoms with van der Waals surface area (Å²) < 4.78 is 41.7. The van der Waals surface area contributed by atoms with Crippen molar-refractivity contribution in [1.82, 2.24) is 14.9 Å². The molecule has 11 heteroatoms. The number of aliphatic hydroxyl groups is 1. The third-order valence-corrected chi connectivity index (χ3v) is 10.3. The van der Waals surface area contributed by atoms with Gasteiger partial charge >= 0.3 is 0 Å². The van der Waals surface area contributed by atoms with Gasteiger partial charge in [0.15, 0.2) is 10.6 Å². The summed E-state index contributed by atoms with van der Waals surface area (Å²) >= 11 is 3.19. The number of aryl methyl sites for hydroxylation is 1. The third-order valence-electron chi connectivity index (χ3n) is 6.77. The molecule has 0 radical (unpaired) electrons. The Hall–Kier alpha value is -2.64. The molecule has 0 bridgehead atoms. The Kier molecular flexibility index (Phi) is 9.31. The van der Waals surface area contributed by atoms with E-state index < -0.39 is 16.3 Å². The summed E-state index contributed by atoms with van der Waals surface area (Å²) in [5.74, 6) is 0.754. The summed E-state index contributed by atoms with van der Waals surface area (Å²) in [4.78, 5) is 0.232. The average Bonchev–Trinajstić information content (AvgIpc) is 3.41. The van der Waals surface area contributed by atoms with Crippen molar-refractivity contribution >= 4 is 33.1 Å². The van der Waals surface area contributed by atoms with E-state index in [9.17, 15) is 13.5 Å². The van der Waals surface area contributed by atoms with Crippen LogP contribution in [-0.4, -0.2) is 35.6 Å². The highest BCUT2D eigenvalue weighted by atomic mass is 32.2. The van der Waals surface area contributed by atoms with E-state index >= 15 is 0 Å². The first-order chi connectivity index (χ1) is 19.3. The van der Waals surface area contributed by atoms with Crippen LogP contribution in [0.25, 0.3) is 0 Å². The van der Waals surface area contributed by atoms with Crippen molar-refractivity contribution in [2.45, 2.75) is 54.7 Å². The van der Waals surface area contributed by atoms with E-state index in [-0.39, 0.29) is 36.2 Å². The Balaban J connectivity index is 1.31. The number of rotatable bonds is 10. The third kappa shape index (κ3) is 6.98. The maximum absolute atomic E-state index is 12.6. The Morgan fingerprint density at radius 3 is 2.25 bits per heavy atom. The standard InChI is InChI=1S/C29H31N3O5S3/c1-19-26(18-38-29-32-31-20(2)39-29)36-28(37-27(19)23-12-10-22(17-33)11-13-23)24-14-8-21(9-15-24)16-30-40(34,35)25-6-4-3-5-7-25/h3-15,19,26-28,30,33H,16-18H2,1-2H3/t19-,26+,27+,28+/m1/s1. The topological polar surface area (TPSA) is 111 Å². The number of sulfonamides is 1. The molecular formula is C29H31N3O5S3. The highest BCUT2D eigenvalue weighted by molar-refractivity contribution is 8.01. The van der Waals surface area contributed by atoms with Gasteiger partial charge in [-0.2, -0.15) is 0 Å². The second-order valence-electron chi connectivity index (χ2n) is 9.60. The second-order valence-corrected chi connectivity index (χ2v) is 13.8. The lowest BCUT2D eigenvalue weighted by molar-refractivity contribution is -0.268. The first-order valence-electron chi connectivity index (χ1n) is 12.9. The fourth-order valence-corrected chi connectivity index (χ4v) is 7.50. The van der Waals surface area contributed by atoms with E-state index in [1.54, 1.807) is 53.4 Å². The Morgan fingerprint density at radius 2 is 1.60 bits per heavy atom. The molecule has 40 heavy (non-hydrogen) atoms. The molecule has 1 fully saturated rings. The molecule has 210 valence electrons. The van der Waals surface area contributed by atoms with Gasteiger partial charge in [-0.1, -0.05) is 96.8 Å². The van der Waals surface area contributed by atoms with Crippen LogP contribution in [-0.2, 0) is 32.6 Å². The molecule has 4 aromatic rings. The number of aliphatic hydroxyl groups excluding tert-OH is 1. The molecule has 1 aromatic heterocycles. The van der Waals surface area contributed by atoms with E-state index in [4.69, 9.17) is 9.47 Å². The summed E-state index contributed by atoms with van der Waals surface area (Å²) in [6.45, 7) is 4.22. The number of nitrogens with zero attached hydrogens (tertiary/aromatic N) is 2. The fourth-order valence-electron chi connectivity index (χ4n) is 4.45. The Labute approximate surface area is 242 Å². The lowest BCUT2D eigenvalue weighted by atomic mass is 9.91. The largest absolute Gasteiger partial charge is 0.392 e. The first kappa shape index (κ1) is 28.9. The van der Waals surface area contributed by atoms with Crippen molar-refractivity contribution in [2.24, 2.45) is 5.92 Å². The number of thioether (sulfide) groups is 1. The van der Waals surface area contributed by atoms with Crippen molar-refractivity contribution in [3.8, 4) is 0 Å². The summed E-state index contributed by atoms with van der Waals surface area (Å²) in [5, 5.41) is 18.7.